The van der Waals surface area contributed by atoms with Gasteiger partial charge in [0.05, 0.1) is 12.6 Å². The Balaban J connectivity index is 0.00000361. The molecule has 1 rings (SSSR count). The fourth-order valence-corrected chi connectivity index (χ4v) is 1.53. The van der Waals surface area contributed by atoms with Crippen LogP contribution in [0.3, 0.4) is 0 Å². The number of hydrogen-bond acceptors (Lipinski definition) is 4. The monoisotopic (exact) mass is 300 g/mol. The maximum absolute atomic E-state index is 11.8. The second kappa shape index (κ2) is 7.87. The lowest BCUT2D eigenvalue weighted by molar-refractivity contribution is -0.145. The van der Waals surface area contributed by atoms with E-state index in [-0.39, 0.29) is 18.3 Å². The van der Waals surface area contributed by atoms with E-state index >= 15 is 0 Å². The lowest BCUT2D eigenvalue weighted by Crippen LogP contribution is -2.54. The van der Waals surface area contributed by atoms with Crippen molar-refractivity contribution in [3.05, 3.63) is 35.9 Å². The minimum absolute atomic E-state index is 0. The third-order valence-corrected chi connectivity index (χ3v) is 2.66. The van der Waals surface area contributed by atoms with E-state index in [1.165, 1.54) is 7.11 Å². The van der Waals surface area contributed by atoms with Crippen molar-refractivity contribution in [1.82, 2.24) is 5.32 Å². The van der Waals surface area contributed by atoms with Gasteiger partial charge in [0.25, 0.3) is 0 Å². The van der Waals surface area contributed by atoms with Gasteiger partial charge in [0.15, 0.2) is 0 Å². The number of ether oxygens (including phenoxy) is 1. The Kier molecular flexibility index (Phi) is 7.24. The highest BCUT2D eigenvalue weighted by atomic mass is 35.5. The summed E-state index contributed by atoms with van der Waals surface area (Å²) in [5.74, 6) is -0.875. The molecule has 112 valence electrons. The van der Waals surface area contributed by atoms with Crippen LogP contribution in [0.15, 0.2) is 30.3 Å². The van der Waals surface area contributed by atoms with E-state index in [1.54, 1.807) is 13.8 Å². The summed E-state index contributed by atoms with van der Waals surface area (Å²) in [6, 6.07) is 8.67. The number of nitrogens with one attached hydrogen (secondary N) is 1. The Bertz CT molecular complexity index is 443. The maximum atomic E-state index is 11.8. The molecule has 0 radical (unpaired) electrons. The van der Waals surface area contributed by atoms with Gasteiger partial charge >= 0.3 is 5.97 Å². The fourth-order valence-electron chi connectivity index (χ4n) is 1.53. The van der Waals surface area contributed by atoms with Gasteiger partial charge < -0.3 is 15.8 Å². The SMILES string of the molecule is COC(=O)C(Cc1ccccc1)NC(=O)C(C)(C)N.Cl. The minimum Gasteiger partial charge on any atom is -0.467 e. The van der Waals surface area contributed by atoms with Gasteiger partial charge in [-0.3, -0.25) is 4.79 Å². The standard InChI is InChI=1S/C14H20N2O3.ClH/c1-14(2,15)13(18)16-11(12(17)19-3)9-10-7-5-4-6-8-10;/h4-8,11H,9,15H2,1-3H3,(H,16,18);1H. The Hall–Kier alpha value is -1.59. The molecule has 0 aromatic heterocycles. The molecule has 1 atom stereocenters. The first-order valence-corrected chi connectivity index (χ1v) is 6.06. The second-order valence-electron chi connectivity index (χ2n) is 4.96. The van der Waals surface area contributed by atoms with Gasteiger partial charge in [-0.25, -0.2) is 4.79 Å². The molecule has 0 fully saturated rings. The van der Waals surface area contributed by atoms with Crippen molar-refractivity contribution in [2.75, 3.05) is 7.11 Å². The molecule has 0 aliphatic rings. The number of carbonyl (C=O) groups excluding carboxylic acids is 2. The first-order valence-electron chi connectivity index (χ1n) is 6.06. The highest BCUT2D eigenvalue weighted by Crippen LogP contribution is 2.06. The molecule has 20 heavy (non-hydrogen) atoms. The topological polar surface area (TPSA) is 81.4 Å². The highest BCUT2D eigenvalue weighted by Gasteiger charge is 2.28. The van der Waals surface area contributed by atoms with Gasteiger partial charge in [0.1, 0.15) is 6.04 Å². The summed E-state index contributed by atoms with van der Waals surface area (Å²) in [5, 5.41) is 2.62. The van der Waals surface area contributed by atoms with Gasteiger partial charge in [-0.2, -0.15) is 0 Å². The van der Waals surface area contributed by atoms with E-state index < -0.39 is 17.6 Å². The molecule has 0 aliphatic heterocycles. The smallest absolute Gasteiger partial charge is 0.328 e. The number of carbonyl (C=O) groups is 2. The van der Waals surface area contributed by atoms with E-state index in [0.717, 1.165) is 5.56 Å². The summed E-state index contributed by atoms with van der Waals surface area (Å²) >= 11 is 0. The van der Waals surface area contributed by atoms with Crippen LogP contribution >= 0.6 is 12.4 Å². The predicted octanol–water partition coefficient (Wildman–Crippen LogP) is 1.05. The fraction of sp³-hybridized carbons (Fsp3) is 0.429. The number of amides is 1. The summed E-state index contributed by atoms with van der Waals surface area (Å²) in [6.07, 6.45) is 0.370. The average Bonchev–Trinajstić information content (AvgIpc) is 2.37. The summed E-state index contributed by atoms with van der Waals surface area (Å²) < 4.78 is 4.70. The summed E-state index contributed by atoms with van der Waals surface area (Å²) in [7, 11) is 1.29. The molecule has 0 aliphatic carbocycles. The van der Waals surface area contributed by atoms with Crippen molar-refractivity contribution in [2.45, 2.75) is 31.8 Å². The van der Waals surface area contributed by atoms with E-state index in [9.17, 15) is 9.59 Å². The van der Waals surface area contributed by atoms with Crippen molar-refractivity contribution in [3.63, 3.8) is 0 Å². The molecule has 0 saturated heterocycles. The number of rotatable bonds is 5. The molecule has 5 nitrogen and oxygen atoms in total. The van der Waals surface area contributed by atoms with Crippen LogP contribution in [0.2, 0.25) is 0 Å². The van der Waals surface area contributed by atoms with Crippen LogP contribution in [-0.4, -0.2) is 30.6 Å². The van der Waals surface area contributed by atoms with Crippen molar-refractivity contribution in [2.24, 2.45) is 5.73 Å². The van der Waals surface area contributed by atoms with E-state index in [1.807, 2.05) is 30.3 Å². The van der Waals surface area contributed by atoms with Crippen molar-refractivity contribution < 1.29 is 14.3 Å². The summed E-state index contributed by atoms with van der Waals surface area (Å²) in [5.41, 5.74) is 5.60. The third-order valence-electron chi connectivity index (χ3n) is 2.66. The van der Waals surface area contributed by atoms with Crippen LogP contribution < -0.4 is 11.1 Å². The number of methoxy groups -OCH3 is 1. The van der Waals surface area contributed by atoms with Crippen LogP contribution in [0.4, 0.5) is 0 Å². The zero-order chi connectivity index (χ0) is 14.5. The van der Waals surface area contributed by atoms with Crippen LogP contribution in [0, 0.1) is 0 Å². The summed E-state index contributed by atoms with van der Waals surface area (Å²) in [4.78, 5) is 23.5. The first kappa shape index (κ1) is 18.4. The Morgan fingerprint density at radius 2 is 1.85 bits per heavy atom. The Morgan fingerprint density at radius 3 is 2.30 bits per heavy atom. The molecule has 3 N–H and O–H groups in total. The normalized spacial score (nSPS) is 12.0. The lowest BCUT2D eigenvalue weighted by Gasteiger charge is -2.22. The van der Waals surface area contributed by atoms with Gasteiger partial charge in [0.2, 0.25) is 5.91 Å². The first-order chi connectivity index (χ1) is 8.84. The quantitative estimate of drug-likeness (QED) is 0.796. The Morgan fingerprint density at radius 1 is 1.30 bits per heavy atom. The maximum Gasteiger partial charge on any atom is 0.328 e. The van der Waals surface area contributed by atoms with Crippen LogP contribution in [0.1, 0.15) is 19.4 Å². The third kappa shape index (κ3) is 5.59. The van der Waals surface area contributed by atoms with Crippen molar-refractivity contribution in [3.8, 4) is 0 Å². The van der Waals surface area contributed by atoms with E-state index in [2.05, 4.69) is 5.32 Å². The number of nitrogens with two attached hydrogens (primary N) is 1. The summed E-state index contributed by atoms with van der Waals surface area (Å²) in [6.45, 7) is 3.17. The molecule has 1 aromatic rings. The molecular weight excluding hydrogens is 280 g/mol. The largest absolute Gasteiger partial charge is 0.467 e. The predicted molar refractivity (Wildman–Crippen MR) is 79.6 cm³/mol. The minimum atomic E-state index is -1.04. The van der Waals surface area contributed by atoms with Gasteiger partial charge in [-0.05, 0) is 19.4 Å². The molecule has 0 saturated carbocycles. The molecule has 6 heteroatoms. The van der Waals surface area contributed by atoms with Gasteiger partial charge in [-0.1, -0.05) is 30.3 Å². The number of hydrogen-bond donors (Lipinski definition) is 2. The molecule has 0 bridgehead atoms. The van der Waals surface area contributed by atoms with Gasteiger partial charge in [-0.15, -0.1) is 12.4 Å². The van der Waals surface area contributed by atoms with Crippen LogP contribution in [0.5, 0.6) is 0 Å². The molecule has 1 aromatic carbocycles. The van der Waals surface area contributed by atoms with Crippen molar-refractivity contribution in [1.29, 1.82) is 0 Å². The number of benzene rings is 1. The molecular formula is C14H21ClN2O3. The lowest BCUT2D eigenvalue weighted by atomic mass is 10.0. The van der Waals surface area contributed by atoms with Crippen LogP contribution in [0.25, 0.3) is 0 Å². The van der Waals surface area contributed by atoms with E-state index in [0.29, 0.717) is 6.42 Å². The zero-order valence-electron chi connectivity index (χ0n) is 11.9. The second-order valence-corrected chi connectivity index (χ2v) is 4.96. The van der Waals surface area contributed by atoms with Gasteiger partial charge in [0, 0.05) is 6.42 Å². The zero-order valence-corrected chi connectivity index (χ0v) is 12.7. The van der Waals surface area contributed by atoms with Crippen molar-refractivity contribution >= 4 is 24.3 Å². The van der Waals surface area contributed by atoms with Crippen LogP contribution in [-0.2, 0) is 20.7 Å². The molecule has 0 spiro atoms. The average molecular weight is 301 g/mol. The molecule has 0 heterocycles. The number of halogens is 1. The molecule has 1 amide bonds. The molecule has 1 unspecified atom stereocenters. The number of esters is 1. The van der Waals surface area contributed by atoms with E-state index in [4.69, 9.17) is 10.5 Å². The highest BCUT2D eigenvalue weighted by molar-refractivity contribution is 5.89. The Labute approximate surface area is 125 Å².